The van der Waals surface area contributed by atoms with E-state index in [0.717, 1.165) is 5.56 Å². The van der Waals surface area contributed by atoms with E-state index in [0.29, 0.717) is 12.0 Å². The summed E-state index contributed by atoms with van der Waals surface area (Å²) < 4.78 is 38.3. The molecule has 0 aliphatic heterocycles. The minimum Gasteiger partial charge on any atom is -0.354 e. The van der Waals surface area contributed by atoms with Crippen molar-refractivity contribution in [3.63, 3.8) is 0 Å². The zero-order valence-electron chi connectivity index (χ0n) is 13.9. The number of amides is 1. The number of rotatable bonds is 8. The van der Waals surface area contributed by atoms with Crippen LogP contribution in [0.2, 0.25) is 0 Å². The van der Waals surface area contributed by atoms with Crippen LogP contribution in [-0.2, 0) is 21.2 Å². The van der Waals surface area contributed by atoms with Crippen molar-refractivity contribution < 1.29 is 17.6 Å². The lowest BCUT2D eigenvalue weighted by molar-refractivity contribution is -0.122. The summed E-state index contributed by atoms with van der Waals surface area (Å²) in [5, 5.41) is 2.65. The Labute approximate surface area is 147 Å². The van der Waals surface area contributed by atoms with E-state index in [2.05, 4.69) is 10.0 Å². The largest absolute Gasteiger partial charge is 0.354 e. The minimum absolute atomic E-state index is 0.00842. The second kappa shape index (κ2) is 8.73. The summed E-state index contributed by atoms with van der Waals surface area (Å²) in [4.78, 5) is 12.6. The van der Waals surface area contributed by atoms with Crippen molar-refractivity contribution in [2.24, 2.45) is 0 Å². The number of carbonyl (C=O) groups excluding carboxylic acids is 1. The second-order valence-corrected chi connectivity index (χ2v) is 7.65. The second-order valence-electron chi connectivity index (χ2n) is 5.61. The maximum Gasteiger partial charge on any atom is 0.227 e. The monoisotopic (exact) mass is 364 g/mol. The lowest BCUT2D eigenvalue weighted by atomic mass is 9.91. The first kappa shape index (κ1) is 19.1. The molecule has 2 N–H and O–H groups in total. The van der Waals surface area contributed by atoms with Crippen molar-refractivity contribution in [3.05, 3.63) is 71.5 Å². The van der Waals surface area contributed by atoms with E-state index in [9.17, 15) is 17.6 Å². The molecule has 0 bridgehead atoms. The van der Waals surface area contributed by atoms with Crippen LogP contribution in [0, 0.1) is 5.82 Å². The molecule has 1 unspecified atom stereocenters. The summed E-state index contributed by atoms with van der Waals surface area (Å²) in [6.45, 7) is 0.00842. The van der Waals surface area contributed by atoms with Crippen LogP contribution < -0.4 is 10.0 Å². The molecule has 5 nitrogen and oxygen atoms in total. The van der Waals surface area contributed by atoms with Crippen LogP contribution in [0.25, 0.3) is 0 Å². The minimum atomic E-state index is -3.38. The van der Waals surface area contributed by atoms with E-state index in [4.69, 9.17) is 0 Å². The number of carbonyl (C=O) groups is 1. The summed E-state index contributed by atoms with van der Waals surface area (Å²) in [5.41, 5.74) is 1.65. The molecule has 0 aromatic heterocycles. The molecule has 2 aromatic rings. The van der Waals surface area contributed by atoms with Crippen LogP contribution in [0.15, 0.2) is 54.6 Å². The van der Waals surface area contributed by atoms with E-state index < -0.39 is 15.9 Å². The maximum absolute atomic E-state index is 13.2. The van der Waals surface area contributed by atoms with Gasteiger partial charge in [-0.25, -0.2) is 17.5 Å². The number of hydrogen-bond acceptors (Lipinski definition) is 3. The Morgan fingerprint density at radius 1 is 1.08 bits per heavy atom. The van der Waals surface area contributed by atoms with Crippen molar-refractivity contribution in [1.29, 1.82) is 0 Å². The Hall–Kier alpha value is -2.25. The third-order valence-electron chi connectivity index (χ3n) is 3.85. The van der Waals surface area contributed by atoms with Gasteiger partial charge in [-0.3, -0.25) is 4.79 Å². The van der Waals surface area contributed by atoms with Crippen LogP contribution in [0.3, 0.4) is 0 Å². The average Bonchev–Trinajstić information content (AvgIpc) is 2.61. The van der Waals surface area contributed by atoms with Gasteiger partial charge in [0.15, 0.2) is 0 Å². The molecule has 134 valence electrons. The van der Waals surface area contributed by atoms with Crippen molar-refractivity contribution in [2.75, 3.05) is 19.3 Å². The first-order valence-electron chi connectivity index (χ1n) is 7.89. The molecule has 2 rings (SSSR count). The smallest absolute Gasteiger partial charge is 0.227 e. The van der Waals surface area contributed by atoms with Crippen LogP contribution in [-0.4, -0.2) is 33.7 Å². The molecule has 0 saturated heterocycles. The Bertz CT molecular complexity index is 793. The molecule has 0 fully saturated rings. The normalized spacial score (nSPS) is 12.6. The molecule has 0 aliphatic rings. The molecular weight excluding hydrogens is 343 g/mol. The molecule has 0 aliphatic carbocycles. The molecule has 1 amide bonds. The van der Waals surface area contributed by atoms with E-state index >= 15 is 0 Å². The number of halogens is 1. The van der Waals surface area contributed by atoms with Gasteiger partial charge >= 0.3 is 0 Å². The molecule has 0 heterocycles. The van der Waals surface area contributed by atoms with Gasteiger partial charge < -0.3 is 5.32 Å². The first-order valence-corrected chi connectivity index (χ1v) is 9.55. The highest BCUT2D eigenvalue weighted by atomic mass is 32.2. The van der Waals surface area contributed by atoms with Gasteiger partial charge in [0.25, 0.3) is 0 Å². The van der Waals surface area contributed by atoms with Gasteiger partial charge in [0, 0.05) is 6.54 Å². The maximum atomic E-state index is 13.2. The van der Waals surface area contributed by atoms with Crippen molar-refractivity contribution in [3.8, 4) is 0 Å². The van der Waals surface area contributed by atoms with Crippen molar-refractivity contribution >= 4 is 15.9 Å². The summed E-state index contributed by atoms with van der Waals surface area (Å²) in [6.07, 6.45) is 0.442. The molecule has 0 saturated carbocycles. The fourth-order valence-electron chi connectivity index (χ4n) is 2.44. The number of nitrogens with one attached hydrogen (secondary N) is 2. The van der Waals surface area contributed by atoms with Gasteiger partial charge in [0.1, 0.15) is 5.82 Å². The number of sulfonamides is 1. The van der Waals surface area contributed by atoms with Crippen LogP contribution in [0.4, 0.5) is 4.39 Å². The molecule has 7 heteroatoms. The van der Waals surface area contributed by atoms with Crippen LogP contribution in [0.5, 0.6) is 0 Å². The summed E-state index contributed by atoms with van der Waals surface area (Å²) >= 11 is 0. The van der Waals surface area contributed by atoms with Gasteiger partial charge in [-0.1, -0.05) is 42.5 Å². The zero-order valence-corrected chi connectivity index (χ0v) is 14.7. The number of benzene rings is 2. The van der Waals surface area contributed by atoms with Crippen molar-refractivity contribution in [1.82, 2.24) is 10.0 Å². The van der Waals surface area contributed by atoms with Gasteiger partial charge in [0.05, 0.1) is 11.7 Å². The highest BCUT2D eigenvalue weighted by molar-refractivity contribution is 7.89. The van der Waals surface area contributed by atoms with E-state index in [-0.39, 0.29) is 24.0 Å². The van der Waals surface area contributed by atoms with Crippen molar-refractivity contribution in [2.45, 2.75) is 12.3 Å². The van der Waals surface area contributed by atoms with Crippen LogP contribution in [0.1, 0.15) is 17.0 Å². The SMILES string of the molecule is CNS(=O)(=O)CCNC(=O)C(Cc1ccccc1)c1ccc(F)cc1. The Balaban J connectivity index is 2.13. The molecule has 25 heavy (non-hydrogen) atoms. The third kappa shape index (κ3) is 5.95. The highest BCUT2D eigenvalue weighted by Gasteiger charge is 2.21. The Morgan fingerprint density at radius 2 is 1.72 bits per heavy atom. The predicted octanol–water partition coefficient (Wildman–Crippen LogP) is 1.82. The quantitative estimate of drug-likeness (QED) is 0.750. The van der Waals surface area contributed by atoms with Crippen LogP contribution >= 0.6 is 0 Å². The van der Waals surface area contributed by atoms with E-state index in [1.807, 2.05) is 30.3 Å². The first-order chi connectivity index (χ1) is 11.9. The highest BCUT2D eigenvalue weighted by Crippen LogP contribution is 2.21. The molecule has 0 radical (unpaired) electrons. The lowest BCUT2D eigenvalue weighted by Crippen LogP contribution is -2.36. The number of hydrogen-bond donors (Lipinski definition) is 2. The van der Waals surface area contributed by atoms with E-state index in [1.165, 1.54) is 19.2 Å². The molecule has 1 atom stereocenters. The fourth-order valence-corrected chi connectivity index (χ4v) is 3.02. The third-order valence-corrected chi connectivity index (χ3v) is 5.22. The van der Waals surface area contributed by atoms with Gasteiger partial charge in [-0.2, -0.15) is 0 Å². The van der Waals surface area contributed by atoms with Gasteiger partial charge in [-0.15, -0.1) is 0 Å². The Kier molecular flexibility index (Phi) is 6.66. The zero-order chi connectivity index (χ0) is 18.3. The van der Waals surface area contributed by atoms with Gasteiger partial charge in [-0.05, 0) is 36.7 Å². The summed E-state index contributed by atoms with van der Waals surface area (Å²) in [6, 6.07) is 15.3. The molecular formula is C18H21FN2O3S. The summed E-state index contributed by atoms with van der Waals surface area (Å²) in [7, 11) is -2.06. The lowest BCUT2D eigenvalue weighted by Gasteiger charge is -2.17. The average molecular weight is 364 g/mol. The van der Waals surface area contributed by atoms with E-state index in [1.54, 1.807) is 12.1 Å². The Morgan fingerprint density at radius 3 is 2.32 bits per heavy atom. The molecule has 2 aromatic carbocycles. The topological polar surface area (TPSA) is 75.3 Å². The fraction of sp³-hybridized carbons (Fsp3) is 0.278. The predicted molar refractivity (Wildman–Crippen MR) is 95.1 cm³/mol. The summed E-state index contributed by atoms with van der Waals surface area (Å²) in [5.74, 6) is -1.39. The molecule has 0 spiro atoms. The standard InChI is InChI=1S/C18H21FN2O3S/c1-20-25(23,24)12-11-21-18(22)17(13-14-5-3-2-4-6-14)15-7-9-16(19)10-8-15/h2-10,17,20H,11-13H2,1H3,(H,21,22). The van der Waals surface area contributed by atoms with Gasteiger partial charge in [0.2, 0.25) is 15.9 Å².